The van der Waals surface area contributed by atoms with Gasteiger partial charge in [-0.05, 0) is 39.3 Å². The maximum Gasteiger partial charge on any atom is 0.224 e. The zero-order valence-corrected chi connectivity index (χ0v) is 12.4. The second-order valence-corrected chi connectivity index (χ2v) is 5.79. The molecule has 0 aromatic carbocycles. The Labute approximate surface area is 115 Å². The molecule has 2 aromatic rings. The van der Waals surface area contributed by atoms with E-state index in [9.17, 15) is 0 Å². The Morgan fingerprint density at radius 2 is 2.00 bits per heavy atom. The number of rotatable bonds is 3. The van der Waals surface area contributed by atoms with Crippen LogP contribution in [0.25, 0.3) is 0 Å². The highest BCUT2D eigenvalue weighted by molar-refractivity contribution is 7.11. The fourth-order valence-electron chi connectivity index (χ4n) is 1.79. The van der Waals surface area contributed by atoms with Crippen LogP contribution in [-0.4, -0.2) is 15.0 Å². The number of nitrogens with one attached hydrogen (secondary N) is 1. The van der Waals surface area contributed by atoms with E-state index in [-0.39, 0.29) is 11.3 Å². The lowest BCUT2D eigenvalue weighted by molar-refractivity contribution is 0.873. The molecular formula is C12H15ClN4S. The summed E-state index contributed by atoms with van der Waals surface area (Å²) in [5.74, 6) is 0.771. The predicted octanol–water partition coefficient (Wildman–Crippen LogP) is 3.68. The van der Waals surface area contributed by atoms with Crippen molar-refractivity contribution in [3.8, 4) is 0 Å². The number of halogens is 1. The molecule has 2 rings (SSSR count). The summed E-state index contributed by atoms with van der Waals surface area (Å²) >= 11 is 7.51. The van der Waals surface area contributed by atoms with Gasteiger partial charge in [-0.15, -0.1) is 11.3 Å². The Morgan fingerprint density at radius 3 is 2.61 bits per heavy atom. The van der Waals surface area contributed by atoms with Gasteiger partial charge in [0, 0.05) is 16.6 Å². The summed E-state index contributed by atoms with van der Waals surface area (Å²) in [5.41, 5.74) is 2.04. The van der Waals surface area contributed by atoms with E-state index >= 15 is 0 Å². The minimum absolute atomic E-state index is 0.154. The molecular weight excluding hydrogens is 268 g/mol. The lowest BCUT2D eigenvalue weighted by atomic mass is 10.2. The third kappa shape index (κ3) is 2.79. The van der Waals surface area contributed by atoms with Gasteiger partial charge >= 0.3 is 0 Å². The van der Waals surface area contributed by atoms with Crippen molar-refractivity contribution >= 4 is 28.8 Å². The normalized spacial score (nSPS) is 12.5. The molecule has 0 saturated heterocycles. The Bertz CT molecular complexity index is 567. The van der Waals surface area contributed by atoms with Crippen LogP contribution in [0.1, 0.15) is 34.1 Å². The minimum atomic E-state index is 0.154. The molecule has 2 heterocycles. The topological polar surface area (TPSA) is 50.7 Å². The van der Waals surface area contributed by atoms with E-state index in [1.54, 1.807) is 17.5 Å². The predicted molar refractivity (Wildman–Crippen MR) is 75.4 cm³/mol. The van der Waals surface area contributed by atoms with Crippen molar-refractivity contribution in [1.82, 2.24) is 15.0 Å². The van der Waals surface area contributed by atoms with Crippen LogP contribution in [0.2, 0.25) is 5.28 Å². The Hall–Kier alpha value is -1.20. The maximum atomic E-state index is 5.81. The molecule has 0 radical (unpaired) electrons. The molecule has 4 nitrogen and oxygen atoms in total. The highest BCUT2D eigenvalue weighted by Crippen LogP contribution is 2.27. The van der Waals surface area contributed by atoms with Crippen molar-refractivity contribution < 1.29 is 0 Å². The smallest absolute Gasteiger partial charge is 0.224 e. The monoisotopic (exact) mass is 282 g/mol. The Kier molecular flexibility index (Phi) is 3.82. The maximum absolute atomic E-state index is 5.81. The van der Waals surface area contributed by atoms with Gasteiger partial charge in [0.05, 0.1) is 16.7 Å². The van der Waals surface area contributed by atoms with Crippen LogP contribution in [0.3, 0.4) is 0 Å². The van der Waals surface area contributed by atoms with Crippen LogP contribution in [0.15, 0.2) is 6.20 Å². The van der Waals surface area contributed by atoms with Gasteiger partial charge in [0.1, 0.15) is 5.82 Å². The molecule has 1 N–H and O–H groups in total. The first-order chi connectivity index (χ1) is 8.47. The lowest BCUT2D eigenvalue weighted by Gasteiger charge is -2.15. The Morgan fingerprint density at radius 1 is 1.28 bits per heavy atom. The number of anilines is 1. The second-order valence-electron chi connectivity index (χ2n) is 4.22. The van der Waals surface area contributed by atoms with Gasteiger partial charge in [0.25, 0.3) is 0 Å². The number of hydrogen-bond donors (Lipinski definition) is 1. The first kappa shape index (κ1) is 13.2. The molecule has 96 valence electrons. The third-order valence-electron chi connectivity index (χ3n) is 2.63. The van der Waals surface area contributed by atoms with Crippen molar-refractivity contribution in [1.29, 1.82) is 0 Å². The van der Waals surface area contributed by atoms with Gasteiger partial charge in [-0.3, -0.25) is 0 Å². The highest BCUT2D eigenvalue weighted by Gasteiger charge is 2.14. The number of aryl methyl sites for hydroxylation is 3. The third-order valence-corrected chi connectivity index (χ3v) is 4.07. The average Bonchev–Trinajstić information content (AvgIpc) is 2.63. The van der Waals surface area contributed by atoms with E-state index in [0.717, 1.165) is 22.1 Å². The minimum Gasteiger partial charge on any atom is -0.362 e. The molecule has 0 saturated carbocycles. The number of thiazole rings is 1. The zero-order valence-electron chi connectivity index (χ0n) is 10.8. The summed E-state index contributed by atoms with van der Waals surface area (Å²) in [7, 11) is 0. The average molecular weight is 283 g/mol. The second kappa shape index (κ2) is 5.20. The molecule has 0 aliphatic carbocycles. The molecule has 0 bridgehead atoms. The molecule has 0 fully saturated rings. The fourth-order valence-corrected chi connectivity index (χ4v) is 2.85. The first-order valence-corrected chi connectivity index (χ1v) is 6.86. The van der Waals surface area contributed by atoms with E-state index in [1.165, 1.54) is 4.88 Å². The molecule has 0 aliphatic rings. The summed E-state index contributed by atoms with van der Waals surface area (Å²) in [6, 6.07) is 0.154. The van der Waals surface area contributed by atoms with Crippen molar-refractivity contribution in [3.05, 3.63) is 32.6 Å². The van der Waals surface area contributed by atoms with Crippen LogP contribution < -0.4 is 5.32 Å². The van der Waals surface area contributed by atoms with E-state index in [2.05, 4.69) is 27.2 Å². The van der Waals surface area contributed by atoms with E-state index in [1.807, 2.05) is 20.8 Å². The van der Waals surface area contributed by atoms with Crippen molar-refractivity contribution in [2.24, 2.45) is 0 Å². The molecule has 0 aliphatic heterocycles. The number of nitrogens with zero attached hydrogens (tertiary/aromatic N) is 3. The molecule has 1 unspecified atom stereocenters. The number of aromatic nitrogens is 3. The van der Waals surface area contributed by atoms with E-state index in [0.29, 0.717) is 0 Å². The van der Waals surface area contributed by atoms with Gasteiger partial charge in [-0.1, -0.05) is 0 Å². The summed E-state index contributed by atoms with van der Waals surface area (Å²) in [4.78, 5) is 13.8. The van der Waals surface area contributed by atoms with Crippen LogP contribution in [0, 0.1) is 20.8 Å². The summed E-state index contributed by atoms with van der Waals surface area (Å²) in [6.07, 6.45) is 1.72. The zero-order chi connectivity index (χ0) is 13.3. The van der Waals surface area contributed by atoms with Gasteiger partial charge < -0.3 is 5.32 Å². The van der Waals surface area contributed by atoms with Gasteiger partial charge in [-0.25, -0.2) is 15.0 Å². The molecule has 2 aromatic heterocycles. The van der Waals surface area contributed by atoms with Gasteiger partial charge in [0.2, 0.25) is 5.28 Å². The van der Waals surface area contributed by atoms with Crippen LogP contribution in [0.5, 0.6) is 0 Å². The highest BCUT2D eigenvalue weighted by atomic mass is 35.5. The van der Waals surface area contributed by atoms with Crippen LogP contribution in [-0.2, 0) is 0 Å². The number of hydrogen-bond acceptors (Lipinski definition) is 5. The standard InChI is InChI=1S/C12H15ClN4S/c1-6-5-14-12(13)17-11(6)16-8(3)10-7(2)15-9(4)18-10/h5,8H,1-4H3,(H,14,16,17). The molecule has 6 heteroatoms. The van der Waals surface area contributed by atoms with Crippen molar-refractivity contribution in [2.75, 3.05) is 5.32 Å². The van der Waals surface area contributed by atoms with Crippen molar-refractivity contribution in [3.63, 3.8) is 0 Å². The molecule has 18 heavy (non-hydrogen) atoms. The fraction of sp³-hybridized carbons (Fsp3) is 0.417. The van der Waals surface area contributed by atoms with Crippen LogP contribution in [0.4, 0.5) is 5.82 Å². The van der Waals surface area contributed by atoms with E-state index < -0.39 is 0 Å². The van der Waals surface area contributed by atoms with E-state index in [4.69, 9.17) is 11.6 Å². The SMILES string of the molecule is Cc1nc(C)c(C(C)Nc2nc(Cl)ncc2C)s1. The summed E-state index contributed by atoms with van der Waals surface area (Å²) < 4.78 is 0. The van der Waals surface area contributed by atoms with Gasteiger partial charge in [0.15, 0.2) is 0 Å². The van der Waals surface area contributed by atoms with Crippen molar-refractivity contribution in [2.45, 2.75) is 33.7 Å². The summed E-state index contributed by atoms with van der Waals surface area (Å²) in [5, 5.41) is 4.69. The van der Waals surface area contributed by atoms with Crippen LogP contribution >= 0.6 is 22.9 Å². The largest absolute Gasteiger partial charge is 0.362 e. The molecule has 0 spiro atoms. The molecule has 1 atom stereocenters. The first-order valence-electron chi connectivity index (χ1n) is 5.67. The summed E-state index contributed by atoms with van der Waals surface area (Å²) in [6.45, 7) is 8.09. The van der Waals surface area contributed by atoms with Gasteiger partial charge in [-0.2, -0.15) is 0 Å². The Balaban J connectivity index is 2.23. The lowest BCUT2D eigenvalue weighted by Crippen LogP contribution is -2.09. The molecule has 0 amide bonds. The quantitative estimate of drug-likeness (QED) is 0.873.